The van der Waals surface area contributed by atoms with Crippen molar-refractivity contribution in [2.75, 3.05) is 19.1 Å². The predicted molar refractivity (Wildman–Crippen MR) is 131 cm³/mol. The summed E-state index contributed by atoms with van der Waals surface area (Å²) < 4.78 is 10.7. The predicted octanol–water partition coefficient (Wildman–Crippen LogP) is 4.77. The largest absolute Gasteiger partial charge is 0.454 e. The van der Waals surface area contributed by atoms with Crippen LogP contribution >= 0.6 is 23.4 Å². The van der Waals surface area contributed by atoms with Gasteiger partial charge in [-0.15, -0.1) is 11.8 Å². The minimum Gasteiger partial charge on any atom is -0.454 e. The SMILES string of the molecule is O=C(NCCC(CSc1ccc(-c2ccc(Cl)cc2)cc1)C(=O)NO)c1cccc2c1OCO2. The van der Waals surface area contributed by atoms with E-state index in [9.17, 15) is 9.59 Å². The number of amides is 2. The minimum atomic E-state index is -0.493. The molecule has 176 valence electrons. The maximum Gasteiger partial charge on any atom is 0.255 e. The van der Waals surface area contributed by atoms with Crippen molar-refractivity contribution in [2.24, 2.45) is 5.92 Å². The summed E-state index contributed by atoms with van der Waals surface area (Å²) in [7, 11) is 0. The number of hydrogen-bond acceptors (Lipinski definition) is 6. The molecule has 3 aromatic carbocycles. The fraction of sp³-hybridized carbons (Fsp3) is 0.200. The third kappa shape index (κ3) is 5.83. The highest BCUT2D eigenvalue weighted by molar-refractivity contribution is 7.99. The van der Waals surface area contributed by atoms with Crippen LogP contribution in [0, 0.1) is 5.92 Å². The summed E-state index contributed by atoms with van der Waals surface area (Å²) in [5.74, 6) is 0.103. The van der Waals surface area contributed by atoms with Crippen molar-refractivity contribution >= 4 is 35.2 Å². The molecule has 1 heterocycles. The van der Waals surface area contributed by atoms with Crippen molar-refractivity contribution in [1.29, 1.82) is 0 Å². The molecule has 9 heteroatoms. The van der Waals surface area contributed by atoms with E-state index in [0.717, 1.165) is 16.0 Å². The lowest BCUT2D eigenvalue weighted by Crippen LogP contribution is -2.33. The number of halogens is 1. The second kappa shape index (κ2) is 11.3. The molecule has 0 bridgehead atoms. The van der Waals surface area contributed by atoms with Crippen LogP contribution in [0.2, 0.25) is 5.02 Å². The third-order valence-corrected chi connectivity index (χ3v) is 6.81. The van der Waals surface area contributed by atoms with E-state index in [4.69, 9.17) is 26.3 Å². The maximum atomic E-state index is 12.6. The van der Waals surface area contributed by atoms with Gasteiger partial charge in [0.1, 0.15) is 0 Å². The van der Waals surface area contributed by atoms with Gasteiger partial charge in [-0.3, -0.25) is 14.8 Å². The molecule has 4 rings (SSSR count). The lowest BCUT2D eigenvalue weighted by Gasteiger charge is -2.15. The van der Waals surface area contributed by atoms with Crippen LogP contribution in [0.3, 0.4) is 0 Å². The number of carbonyl (C=O) groups is 2. The normalized spacial score (nSPS) is 12.8. The first-order valence-corrected chi connectivity index (χ1v) is 12.0. The first-order chi connectivity index (χ1) is 16.5. The standard InChI is InChI=1S/C25H23ClN2O5S/c26-19-8-4-16(5-9-19)17-6-10-20(11-7-17)34-14-18(24(29)28-31)12-13-27-25(30)21-2-1-3-22-23(21)33-15-32-22/h1-11,18,31H,12-15H2,(H,27,30)(H,28,29). The molecule has 0 radical (unpaired) electrons. The van der Waals surface area contributed by atoms with Gasteiger partial charge in [-0.25, -0.2) is 5.48 Å². The van der Waals surface area contributed by atoms with Gasteiger partial charge in [-0.1, -0.05) is 41.9 Å². The van der Waals surface area contributed by atoms with Crippen LogP contribution in [-0.4, -0.2) is 36.1 Å². The van der Waals surface area contributed by atoms with E-state index in [2.05, 4.69) is 5.32 Å². The summed E-state index contributed by atoms with van der Waals surface area (Å²) in [5.41, 5.74) is 4.24. The summed E-state index contributed by atoms with van der Waals surface area (Å²) >= 11 is 7.46. The van der Waals surface area contributed by atoms with E-state index >= 15 is 0 Å². The van der Waals surface area contributed by atoms with Gasteiger partial charge in [0.05, 0.1) is 11.5 Å². The molecule has 1 aliphatic rings. The Balaban J connectivity index is 1.31. The summed E-state index contributed by atoms with van der Waals surface area (Å²) in [5, 5.41) is 12.6. The van der Waals surface area contributed by atoms with Crippen LogP contribution in [0.4, 0.5) is 0 Å². The Morgan fingerprint density at radius 2 is 1.71 bits per heavy atom. The Morgan fingerprint density at radius 1 is 1.00 bits per heavy atom. The number of rotatable bonds is 9. The highest BCUT2D eigenvalue weighted by atomic mass is 35.5. The van der Waals surface area contributed by atoms with Gasteiger partial charge in [-0.2, -0.15) is 0 Å². The van der Waals surface area contributed by atoms with Gasteiger partial charge in [0.25, 0.3) is 5.91 Å². The fourth-order valence-electron chi connectivity index (χ4n) is 3.53. The number of ether oxygens (including phenoxy) is 2. The fourth-order valence-corrected chi connectivity index (χ4v) is 4.69. The van der Waals surface area contributed by atoms with Gasteiger partial charge in [0.2, 0.25) is 12.7 Å². The minimum absolute atomic E-state index is 0.0796. The van der Waals surface area contributed by atoms with Gasteiger partial charge in [-0.05, 0) is 53.9 Å². The molecule has 1 unspecified atom stereocenters. The Hall–Kier alpha value is -3.20. The van der Waals surface area contributed by atoms with E-state index < -0.39 is 11.8 Å². The number of fused-ring (bicyclic) bond motifs is 1. The molecule has 7 nitrogen and oxygen atoms in total. The number of nitrogens with one attached hydrogen (secondary N) is 2. The smallest absolute Gasteiger partial charge is 0.255 e. The summed E-state index contributed by atoms with van der Waals surface area (Å²) in [6, 6.07) is 20.7. The van der Waals surface area contributed by atoms with Gasteiger partial charge >= 0.3 is 0 Å². The molecule has 0 saturated carbocycles. The van der Waals surface area contributed by atoms with E-state index in [0.29, 0.717) is 34.3 Å². The van der Waals surface area contributed by atoms with Crippen LogP contribution in [-0.2, 0) is 4.79 Å². The average molecular weight is 499 g/mol. The van der Waals surface area contributed by atoms with Crippen molar-refractivity contribution in [1.82, 2.24) is 10.8 Å². The average Bonchev–Trinajstić information content (AvgIpc) is 3.35. The topological polar surface area (TPSA) is 96.9 Å². The van der Waals surface area contributed by atoms with Crippen LogP contribution in [0.1, 0.15) is 16.8 Å². The molecular formula is C25H23ClN2O5S. The zero-order chi connectivity index (χ0) is 23.9. The molecule has 2 amide bonds. The van der Waals surface area contributed by atoms with Crippen LogP contribution in [0.15, 0.2) is 71.6 Å². The molecule has 0 fully saturated rings. The quantitative estimate of drug-likeness (QED) is 0.223. The monoisotopic (exact) mass is 498 g/mol. The highest BCUT2D eigenvalue weighted by Crippen LogP contribution is 2.35. The number of hydroxylamine groups is 1. The Labute approximate surface area is 206 Å². The Bertz CT molecular complexity index is 1150. The summed E-state index contributed by atoms with van der Waals surface area (Å²) in [6.07, 6.45) is 0.361. The number of benzene rings is 3. The molecule has 34 heavy (non-hydrogen) atoms. The molecule has 0 aromatic heterocycles. The van der Waals surface area contributed by atoms with Gasteiger partial charge in [0.15, 0.2) is 11.5 Å². The third-order valence-electron chi connectivity index (χ3n) is 5.38. The van der Waals surface area contributed by atoms with Crippen LogP contribution in [0.5, 0.6) is 11.5 Å². The molecule has 0 aliphatic carbocycles. The number of carbonyl (C=O) groups excluding carboxylic acids is 2. The number of thioether (sulfide) groups is 1. The molecule has 0 spiro atoms. The van der Waals surface area contributed by atoms with Crippen molar-refractivity contribution < 1.29 is 24.3 Å². The second-order valence-electron chi connectivity index (χ2n) is 7.60. The van der Waals surface area contributed by atoms with Gasteiger partial charge in [0, 0.05) is 22.2 Å². The zero-order valence-corrected chi connectivity index (χ0v) is 19.7. The Kier molecular flexibility index (Phi) is 7.95. The Morgan fingerprint density at radius 3 is 2.41 bits per heavy atom. The van der Waals surface area contributed by atoms with E-state index in [1.807, 2.05) is 48.5 Å². The summed E-state index contributed by atoms with van der Waals surface area (Å²) in [4.78, 5) is 25.7. The lowest BCUT2D eigenvalue weighted by molar-refractivity contribution is -0.132. The van der Waals surface area contributed by atoms with Crippen molar-refractivity contribution in [3.63, 3.8) is 0 Å². The first kappa shape index (κ1) is 23.9. The number of para-hydroxylation sites is 1. The first-order valence-electron chi connectivity index (χ1n) is 10.6. The molecule has 1 atom stereocenters. The van der Waals surface area contributed by atoms with Gasteiger partial charge < -0.3 is 14.8 Å². The lowest BCUT2D eigenvalue weighted by atomic mass is 10.1. The van der Waals surface area contributed by atoms with Crippen molar-refractivity contribution in [3.8, 4) is 22.6 Å². The van der Waals surface area contributed by atoms with Crippen molar-refractivity contribution in [2.45, 2.75) is 11.3 Å². The molecular weight excluding hydrogens is 476 g/mol. The second-order valence-corrected chi connectivity index (χ2v) is 9.13. The van der Waals surface area contributed by atoms with Crippen molar-refractivity contribution in [3.05, 3.63) is 77.3 Å². The van der Waals surface area contributed by atoms with E-state index in [1.165, 1.54) is 11.8 Å². The van der Waals surface area contributed by atoms with E-state index in [1.54, 1.807) is 23.7 Å². The molecule has 1 aliphatic heterocycles. The van der Waals surface area contributed by atoms with Crippen LogP contribution in [0.25, 0.3) is 11.1 Å². The summed E-state index contributed by atoms with van der Waals surface area (Å²) in [6.45, 7) is 0.341. The molecule has 0 saturated heterocycles. The molecule has 3 aromatic rings. The number of hydrogen-bond donors (Lipinski definition) is 3. The zero-order valence-electron chi connectivity index (χ0n) is 18.1. The van der Waals surface area contributed by atoms with Crippen LogP contribution < -0.4 is 20.3 Å². The van der Waals surface area contributed by atoms with E-state index in [-0.39, 0.29) is 19.2 Å². The highest BCUT2D eigenvalue weighted by Gasteiger charge is 2.23. The maximum absolute atomic E-state index is 12.6. The molecule has 3 N–H and O–H groups in total.